The van der Waals surface area contributed by atoms with Crippen LogP contribution >= 0.6 is 0 Å². The van der Waals surface area contributed by atoms with E-state index < -0.39 is 13.5 Å². The van der Waals surface area contributed by atoms with Gasteiger partial charge in [-0.25, -0.2) is 0 Å². The largest absolute Gasteiger partial charge is 0.457 e. The highest BCUT2D eigenvalue weighted by atomic mass is 28.3. The number of hydrogen-bond donors (Lipinski definition) is 0. The van der Waals surface area contributed by atoms with Gasteiger partial charge in [-0.15, -0.1) is 0 Å². The molecular weight excluding hydrogens is 755 g/mol. The van der Waals surface area contributed by atoms with Crippen LogP contribution in [-0.4, -0.2) is 8.07 Å². The highest BCUT2D eigenvalue weighted by Gasteiger charge is 2.57. The number of fused-ring (bicyclic) bond motifs is 10. The quantitative estimate of drug-likeness (QED) is 0.165. The van der Waals surface area contributed by atoms with Gasteiger partial charge in [-0.05, 0) is 96.6 Å². The molecular formula is C58H43NOSi. The molecule has 3 aliphatic rings. The molecule has 12 rings (SSSR count). The van der Waals surface area contributed by atoms with E-state index in [9.17, 15) is 0 Å². The van der Waals surface area contributed by atoms with Gasteiger partial charge in [0.15, 0.2) is 8.07 Å². The number of nitrogens with zero attached hydrogens (tertiary/aromatic N) is 1. The Hall–Kier alpha value is -7.20. The minimum atomic E-state index is -2.91. The molecule has 0 fully saturated rings. The zero-order valence-electron chi connectivity index (χ0n) is 34.2. The van der Waals surface area contributed by atoms with Crippen molar-refractivity contribution >= 4 is 45.9 Å². The summed E-state index contributed by atoms with van der Waals surface area (Å²) in [6.07, 6.45) is 0. The number of hydrogen-bond acceptors (Lipinski definition) is 2. The lowest BCUT2D eigenvalue weighted by atomic mass is 9.63. The molecule has 0 bridgehead atoms. The minimum absolute atomic E-state index is 0.110. The molecule has 0 unspecified atom stereocenters. The van der Waals surface area contributed by atoms with Crippen LogP contribution in [-0.2, 0) is 10.8 Å². The summed E-state index contributed by atoms with van der Waals surface area (Å²) in [6.45, 7) is 4.68. The van der Waals surface area contributed by atoms with Gasteiger partial charge in [0, 0.05) is 22.2 Å². The predicted molar refractivity (Wildman–Crippen MR) is 254 cm³/mol. The van der Waals surface area contributed by atoms with Crippen LogP contribution in [0.1, 0.15) is 47.2 Å². The maximum atomic E-state index is 6.81. The van der Waals surface area contributed by atoms with Crippen LogP contribution in [0.2, 0.25) is 0 Å². The summed E-state index contributed by atoms with van der Waals surface area (Å²) in [4.78, 5) is 2.44. The normalized spacial score (nSPS) is 15.5. The van der Waals surface area contributed by atoms with Crippen molar-refractivity contribution in [1.82, 2.24) is 0 Å². The van der Waals surface area contributed by atoms with E-state index >= 15 is 0 Å². The third-order valence-corrected chi connectivity index (χ3v) is 18.8. The molecule has 3 heterocycles. The number of benzene rings is 9. The molecule has 9 aromatic carbocycles. The molecule has 3 heteroatoms. The Bertz CT molecular complexity index is 3020. The number of anilines is 3. The van der Waals surface area contributed by atoms with E-state index in [4.69, 9.17) is 4.74 Å². The van der Waals surface area contributed by atoms with Gasteiger partial charge in [0.05, 0.1) is 16.8 Å². The molecule has 2 nitrogen and oxygen atoms in total. The molecule has 290 valence electrons. The van der Waals surface area contributed by atoms with Crippen LogP contribution < -0.4 is 30.4 Å². The zero-order valence-corrected chi connectivity index (χ0v) is 35.2. The topological polar surface area (TPSA) is 12.5 Å². The average molecular weight is 798 g/mol. The first kappa shape index (κ1) is 35.7. The molecule has 0 radical (unpaired) electrons. The summed E-state index contributed by atoms with van der Waals surface area (Å²) in [5.74, 6) is 1.80. The van der Waals surface area contributed by atoms with Crippen LogP contribution in [0.3, 0.4) is 0 Å². The lowest BCUT2D eigenvalue weighted by Gasteiger charge is -2.51. The predicted octanol–water partition coefficient (Wildman–Crippen LogP) is 11.6. The van der Waals surface area contributed by atoms with E-state index in [1.165, 1.54) is 76.6 Å². The molecule has 0 aromatic heterocycles. The summed E-state index contributed by atoms with van der Waals surface area (Å²) in [7, 11) is -2.91. The minimum Gasteiger partial charge on any atom is -0.457 e. The molecule has 9 aromatic rings. The molecule has 1 spiro atoms. The zero-order chi connectivity index (χ0) is 40.8. The summed E-state index contributed by atoms with van der Waals surface area (Å²) < 4.78 is 6.81. The SMILES string of the molecule is CC1(C)c2ccccc2N(c2ccc(-c3ccc4c(c3)C3(c5ccccc5Oc5ccccc53)c3ccccc3[Si]4(c3ccccc3)c3ccccc3)cc2)c2ccccc21. The van der Waals surface area contributed by atoms with Gasteiger partial charge in [0.25, 0.3) is 0 Å². The number of rotatable bonds is 4. The van der Waals surface area contributed by atoms with Crippen LogP contribution in [0.5, 0.6) is 11.5 Å². The Labute approximate surface area is 359 Å². The first-order chi connectivity index (χ1) is 30.0. The maximum absolute atomic E-state index is 6.81. The molecule has 0 N–H and O–H groups in total. The summed E-state index contributed by atoms with van der Waals surface area (Å²) >= 11 is 0. The third kappa shape index (κ3) is 4.90. The molecule has 0 saturated carbocycles. The van der Waals surface area contributed by atoms with E-state index in [0.29, 0.717) is 0 Å². The van der Waals surface area contributed by atoms with Crippen LogP contribution in [0.15, 0.2) is 224 Å². The first-order valence-electron chi connectivity index (χ1n) is 21.3. The standard InChI is InChI=1S/C58H43NOSi/c1-57(2)45-23-9-14-28-51(45)59(52-29-15-10-24-46(52)57)42-36-33-40(34-37-42)41-35-38-56-50(39-41)58(47-25-11-16-30-53(47)60-54-31-17-12-26-48(54)58)49-27-13-18-32-55(49)61(56,43-19-5-3-6-20-43)44-21-7-4-8-22-44/h3-39H,1-2H3. The first-order valence-corrected chi connectivity index (χ1v) is 23.3. The Morgan fingerprint density at radius 1 is 0.377 bits per heavy atom. The second-order valence-corrected chi connectivity index (χ2v) is 20.9. The molecule has 0 aliphatic carbocycles. The monoisotopic (exact) mass is 797 g/mol. The fourth-order valence-corrected chi connectivity index (χ4v) is 16.5. The summed E-state index contributed by atoms with van der Waals surface area (Å²) in [5, 5.41) is 5.56. The lowest BCUT2D eigenvalue weighted by Crippen LogP contribution is -2.79. The van der Waals surface area contributed by atoms with Gasteiger partial charge in [-0.1, -0.05) is 196 Å². The van der Waals surface area contributed by atoms with Gasteiger partial charge in [0.1, 0.15) is 11.5 Å². The van der Waals surface area contributed by atoms with E-state index in [1.807, 2.05) is 0 Å². The number of para-hydroxylation sites is 4. The van der Waals surface area contributed by atoms with Crippen LogP contribution in [0.25, 0.3) is 11.1 Å². The average Bonchev–Trinajstić information content (AvgIpc) is 3.32. The molecule has 3 aliphatic heterocycles. The van der Waals surface area contributed by atoms with Crippen molar-refractivity contribution in [1.29, 1.82) is 0 Å². The van der Waals surface area contributed by atoms with Crippen molar-refractivity contribution in [2.75, 3.05) is 4.90 Å². The van der Waals surface area contributed by atoms with E-state index in [2.05, 4.69) is 243 Å². The Morgan fingerprint density at radius 2 is 0.820 bits per heavy atom. The molecule has 0 saturated heterocycles. The Morgan fingerprint density at radius 3 is 1.39 bits per heavy atom. The molecule has 61 heavy (non-hydrogen) atoms. The van der Waals surface area contributed by atoms with Gasteiger partial charge < -0.3 is 9.64 Å². The van der Waals surface area contributed by atoms with Gasteiger partial charge >= 0.3 is 0 Å². The fraction of sp³-hybridized carbons (Fsp3) is 0.0690. The van der Waals surface area contributed by atoms with Crippen molar-refractivity contribution in [3.63, 3.8) is 0 Å². The molecule has 0 atom stereocenters. The third-order valence-electron chi connectivity index (χ3n) is 13.9. The van der Waals surface area contributed by atoms with Crippen LogP contribution in [0.4, 0.5) is 17.1 Å². The second-order valence-electron chi connectivity index (χ2n) is 17.2. The van der Waals surface area contributed by atoms with Crippen molar-refractivity contribution in [3.8, 4) is 22.6 Å². The Kier molecular flexibility index (Phi) is 7.85. The van der Waals surface area contributed by atoms with Gasteiger partial charge in [-0.2, -0.15) is 0 Å². The highest BCUT2D eigenvalue weighted by molar-refractivity contribution is 7.20. The van der Waals surface area contributed by atoms with E-state index in [0.717, 1.165) is 17.2 Å². The molecule has 0 amide bonds. The summed E-state index contributed by atoms with van der Waals surface area (Å²) in [5.41, 5.74) is 12.9. The van der Waals surface area contributed by atoms with Crippen molar-refractivity contribution < 1.29 is 4.74 Å². The maximum Gasteiger partial charge on any atom is 0.180 e. The van der Waals surface area contributed by atoms with Gasteiger partial charge in [0.2, 0.25) is 0 Å². The van der Waals surface area contributed by atoms with Crippen molar-refractivity contribution in [2.24, 2.45) is 0 Å². The second kappa shape index (κ2) is 13.4. The van der Waals surface area contributed by atoms with Gasteiger partial charge in [-0.3, -0.25) is 0 Å². The fourth-order valence-electron chi connectivity index (χ4n) is 11.3. The van der Waals surface area contributed by atoms with E-state index in [1.54, 1.807) is 0 Å². The highest BCUT2D eigenvalue weighted by Crippen LogP contribution is 2.57. The lowest BCUT2D eigenvalue weighted by molar-refractivity contribution is 0.435. The summed E-state index contributed by atoms with van der Waals surface area (Å²) in [6, 6.07) is 83.8. The van der Waals surface area contributed by atoms with E-state index in [-0.39, 0.29) is 5.41 Å². The number of ether oxygens (including phenoxy) is 1. The van der Waals surface area contributed by atoms with Crippen molar-refractivity contribution in [3.05, 3.63) is 258 Å². The smallest absolute Gasteiger partial charge is 0.180 e. The Balaban J connectivity index is 1.13. The van der Waals surface area contributed by atoms with Crippen LogP contribution in [0, 0.1) is 0 Å². The van der Waals surface area contributed by atoms with Crippen molar-refractivity contribution in [2.45, 2.75) is 24.7 Å².